The fourth-order valence-electron chi connectivity index (χ4n) is 2.32. The molecule has 0 aromatic heterocycles. The summed E-state index contributed by atoms with van der Waals surface area (Å²) in [5.41, 5.74) is 0. The average molecular weight is 256 g/mol. The number of carbonyl (C=O) groups is 2. The van der Waals surface area contributed by atoms with E-state index in [-0.39, 0.29) is 0 Å². The summed E-state index contributed by atoms with van der Waals surface area (Å²) < 4.78 is 0. The van der Waals surface area contributed by atoms with E-state index in [1.807, 2.05) is 0 Å². The van der Waals surface area contributed by atoms with Gasteiger partial charge in [0, 0.05) is 6.54 Å². The van der Waals surface area contributed by atoms with E-state index in [9.17, 15) is 9.59 Å². The van der Waals surface area contributed by atoms with Gasteiger partial charge in [-0.15, -0.1) is 0 Å². The quantitative estimate of drug-likeness (QED) is 0.703. The lowest BCUT2D eigenvalue weighted by Gasteiger charge is -2.26. The molecule has 0 spiro atoms. The SMILES string of the molecule is CC1CCC(CCNC(=O)N[C@@H](C)C(=O)O)CC1. The minimum Gasteiger partial charge on any atom is -0.480 e. The van der Waals surface area contributed by atoms with E-state index >= 15 is 0 Å². The first-order valence-corrected chi connectivity index (χ1v) is 6.76. The van der Waals surface area contributed by atoms with Crippen molar-refractivity contribution in [2.75, 3.05) is 6.54 Å². The van der Waals surface area contributed by atoms with Crippen molar-refractivity contribution in [3.05, 3.63) is 0 Å². The molecule has 0 aromatic carbocycles. The van der Waals surface area contributed by atoms with Gasteiger partial charge in [-0.25, -0.2) is 4.79 Å². The minimum atomic E-state index is -1.02. The number of carboxylic acids is 1. The highest BCUT2D eigenvalue weighted by Crippen LogP contribution is 2.29. The molecule has 0 radical (unpaired) electrons. The Balaban J connectivity index is 2.10. The van der Waals surface area contributed by atoms with E-state index in [4.69, 9.17) is 5.11 Å². The zero-order valence-corrected chi connectivity index (χ0v) is 11.2. The molecule has 1 rings (SSSR count). The first kappa shape index (κ1) is 14.8. The smallest absolute Gasteiger partial charge is 0.325 e. The number of nitrogens with one attached hydrogen (secondary N) is 2. The minimum absolute atomic E-state index is 0.394. The van der Waals surface area contributed by atoms with Crippen LogP contribution in [0.2, 0.25) is 0 Å². The third kappa shape index (κ3) is 5.38. The van der Waals surface area contributed by atoms with E-state index in [1.54, 1.807) is 0 Å². The fraction of sp³-hybridized carbons (Fsp3) is 0.846. The van der Waals surface area contributed by atoms with Gasteiger partial charge in [0.25, 0.3) is 0 Å². The van der Waals surface area contributed by atoms with Crippen molar-refractivity contribution in [1.82, 2.24) is 10.6 Å². The zero-order valence-electron chi connectivity index (χ0n) is 11.2. The van der Waals surface area contributed by atoms with Crippen molar-refractivity contribution < 1.29 is 14.7 Å². The number of hydrogen-bond acceptors (Lipinski definition) is 2. The van der Waals surface area contributed by atoms with Gasteiger partial charge in [0.2, 0.25) is 0 Å². The van der Waals surface area contributed by atoms with Crippen molar-refractivity contribution in [3.8, 4) is 0 Å². The fourth-order valence-corrected chi connectivity index (χ4v) is 2.32. The van der Waals surface area contributed by atoms with Gasteiger partial charge < -0.3 is 15.7 Å². The van der Waals surface area contributed by atoms with Gasteiger partial charge in [-0.05, 0) is 25.2 Å². The number of carbonyl (C=O) groups excluding carboxylic acids is 1. The van der Waals surface area contributed by atoms with Crippen LogP contribution in [-0.2, 0) is 4.79 Å². The molecule has 1 fully saturated rings. The Hall–Kier alpha value is -1.26. The average Bonchev–Trinajstić information content (AvgIpc) is 2.31. The molecule has 1 aliphatic rings. The maximum Gasteiger partial charge on any atom is 0.325 e. The highest BCUT2D eigenvalue weighted by molar-refractivity contribution is 5.82. The molecule has 5 nitrogen and oxygen atoms in total. The number of urea groups is 1. The molecule has 1 atom stereocenters. The Morgan fingerprint density at radius 3 is 2.44 bits per heavy atom. The summed E-state index contributed by atoms with van der Waals surface area (Å²) in [6.45, 7) is 4.36. The lowest BCUT2D eigenvalue weighted by molar-refractivity contribution is -0.138. The lowest BCUT2D eigenvalue weighted by Crippen LogP contribution is -2.44. The Kier molecular flexibility index (Phi) is 5.95. The second kappa shape index (κ2) is 7.24. The molecule has 18 heavy (non-hydrogen) atoms. The molecule has 0 heterocycles. The molecule has 2 amide bonds. The van der Waals surface area contributed by atoms with Crippen molar-refractivity contribution in [1.29, 1.82) is 0 Å². The number of carboxylic acid groups (broad SMARTS) is 1. The maximum absolute atomic E-state index is 11.4. The summed E-state index contributed by atoms with van der Waals surface area (Å²) in [4.78, 5) is 21.9. The van der Waals surface area contributed by atoms with E-state index in [1.165, 1.54) is 32.6 Å². The second-order valence-electron chi connectivity index (χ2n) is 5.37. The third-order valence-corrected chi connectivity index (χ3v) is 3.69. The molecule has 1 aliphatic carbocycles. The Morgan fingerprint density at radius 2 is 1.89 bits per heavy atom. The van der Waals surface area contributed by atoms with E-state index in [0.29, 0.717) is 12.5 Å². The lowest BCUT2D eigenvalue weighted by atomic mass is 9.81. The summed E-state index contributed by atoms with van der Waals surface area (Å²) in [6.07, 6.45) is 6.05. The van der Waals surface area contributed by atoms with Gasteiger partial charge in [0.15, 0.2) is 0 Å². The van der Waals surface area contributed by atoms with Gasteiger partial charge in [-0.2, -0.15) is 0 Å². The number of hydrogen-bond donors (Lipinski definition) is 3. The Morgan fingerprint density at radius 1 is 1.28 bits per heavy atom. The molecule has 0 aliphatic heterocycles. The highest BCUT2D eigenvalue weighted by atomic mass is 16.4. The van der Waals surface area contributed by atoms with Crippen LogP contribution in [0.4, 0.5) is 4.79 Å². The summed E-state index contributed by atoms with van der Waals surface area (Å²) in [7, 11) is 0. The van der Waals surface area contributed by atoms with Crippen LogP contribution < -0.4 is 10.6 Å². The van der Waals surface area contributed by atoms with Crippen LogP contribution in [0.15, 0.2) is 0 Å². The van der Waals surface area contributed by atoms with Crippen molar-refractivity contribution in [2.24, 2.45) is 11.8 Å². The number of rotatable bonds is 5. The van der Waals surface area contributed by atoms with E-state index in [2.05, 4.69) is 17.6 Å². The molecule has 5 heteroatoms. The third-order valence-electron chi connectivity index (χ3n) is 3.69. The maximum atomic E-state index is 11.4. The summed E-state index contributed by atoms with van der Waals surface area (Å²) in [6, 6.07) is -1.24. The molecule has 0 saturated heterocycles. The number of aliphatic carboxylic acids is 1. The standard InChI is InChI=1S/C13H24N2O3/c1-9-3-5-11(6-4-9)7-8-14-13(18)15-10(2)12(16)17/h9-11H,3-8H2,1-2H3,(H,16,17)(H2,14,15,18)/t9?,10-,11?/m0/s1. The predicted molar refractivity (Wildman–Crippen MR) is 69.4 cm³/mol. The monoisotopic (exact) mass is 256 g/mol. The van der Waals surface area contributed by atoms with Gasteiger partial charge in [-0.3, -0.25) is 4.79 Å². The van der Waals surface area contributed by atoms with Gasteiger partial charge in [0.1, 0.15) is 6.04 Å². The molecular formula is C13H24N2O3. The zero-order chi connectivity index (χ0) is 13.5. The van der Waals surface area contributed by atoms with Crippen LogP contribution in [0.25, 0.3) is 0 Å². The summed E-state index contributed by atoms with van der Waals surface area (Å²) in [5.74, 6) is 0.527. The van der Waals surface area contributed by atoms with Gasteiger partial charge >= 0.3 is 12.0 Å². The summed E-state index contributed by atoms with van der Waals surface area (Å²) >= 11 is 0. The first-order valence-electron chi connectivity index (χ1n) is 6.76. The van der Waals surface area contributed by atoms with Crippen molar-refractivity contribution in [2.45, 2.75) is 52.0 Å². The van der Waals surface area contributed by atoms with Crippen LogP contribution in [0.1, 0.15) is 46.0 Å². The highest BCUT2D eigenvalue weighted by Gasteiger charge is 2.18. The molecule has 0 unspecified atom stereocenters. The topological polar surface area (TPSA) is 78.4 Å². The van der Waals surface area contributed by atoms with Crippen molar-refractivity contribution >= 4 is 12.0 Å². The Bertz CT molecular complexity index is 286. The van der Waals surface area contributed by atoms with Crippen LogP contribution in [0, 0.1) is 11.8 Å². The van der Waals surface area contributed by atoms with E-state index < -0.39 is 18.0 Å². The second-order valence-corrected chi connectivity index (χ2v) is 5.37. The molecule has 0 bridgehead atoms. The molecule has 0 aromatic rings. The van der Waals surface area contributed by atoms with Gasteiger partial charge in [0.05, 0.1) is 0 Å². The molecule has 3 N–H and O–H groups in total. The van der Waals surface area contributed by atoms with Crippen LogP contribution in [0.3, 0.4) is 0 Å². The normalized spacial score (nSPS) is 25.2. The first-order chi connectivity index (χ1) is 8.49. The van der Waals surface area contributed by atoms with Crippen LogP contribution in [0.5, 0.6) is 0 Å². The van der Waals surface area contributed by atoms with Gasteiger partial charge in [-0.1, -0.05) is 32.6 Å². The van der Waals surface area contributed by atoms with Crippen LogP contribution >= 0.6 is 0 Å². The molecule has 1 saturated carbocycles. The Labute approximate surface area is 108 Å². The predicted octanol–water partition coefficient (Wildman–Crippen LogP) is 1.98. The van der Waals surface area contributed by atoms with Crippen LogP contribution in [-0.4, -0.2) is 29.7 Å². The van der Waals surface area contributed by atoms with E-state index in [0.717, 1.165) is 12.3 Å². The molecular weight excluding hydrogens is 232 g/mol. The molecule has 104 valence electrons. The number of amides is 2. The summed E-state index contributed by atoms with van der Waals surface area (Å²) in [5, 5.41) is 13.7. The largest absolute Gasteiger partial charge is 0.480 e. The van der Waals surface area contributed by atoms with Crippen molar-refractivity contribution in [3.63, 3.8) is 0 Å².